The van der Waals surface area contributed by atoms with Gasteiger partial charge in [0.05, 0.1) is 6.61 Å². The Labute approximate surface area is 111 Å². The van der Waals surface area contributed by atoms with Gasteiger partial charge in [-0.3, -0.25) is 0 Å². The summed E-state index contributed by atoms with van der Waals surface area (Å²) in [6.07, 6.45) is -4.44. The van der Waals surface area contributed by atoms with Crippen LogP contribution in [0.1, 0.15) is 4.88 Å². The second kappa shape index (κ2) is 6.33. The lowest BCUT2D eigenvalue weighted by Gasteiger charge is -2.08. The van der Waals surface area contributed by atoms with Crippen molar-refractivity contribution < 1.29 is 26.3 Å². The molecule has 19 heavy (non-hydrogen) atoms. The minimum absolute atomic E-state index is 0.0696. The first-order chi connectivity index (χ1) is 8.74. The van der Waals surface area contributed by atoms with Crippen LogP contribution in [0.3, 0.4) is 0 Å². The van der Waals surface area contributed by atoms with Crippen LogP contribution in [0.15, 0.2) is 16.3 Å². The van der Waals surface area contributed by atoms with E-state index in [1.165, 1.54) is 12.1 Å². The number of nitrogens with zero attached hydrogens (tertiary/aromatic N) is 1. The van der Waals surface area contributed by atoms with Gasteiger partial charge in [-0.05, 0) is 12.1 Å². The molecule has 0 aliphatic heterocycles. The van der Waals surface area contributed by atoms with Crippen molar-refractivity contribution >= 4 is 21.4 Å². The second-order valence-electron chi connectivity index (χ2n) is 3.30. The molecule has 1 rings (SSSR count). The number of rotatable bonds is 6. The average Bonchev–Trinajstić information content (AvgIpc) is 2.76. The molecule has 0 spiro atoms. The molecule has 1 N–H and O–H groups in total. The van der Waals surface area contributed by atoms with Gasteiger partial charge in [0.15, 0.2) is 0 Å². The lowest BCUT2D eigenvalue weighted by Crippen LogP contribution is -2.28. The summed E-state index contributed by atoms with van der Waals surface area (Å²) in [6, 6.07) is 4.39. The van der Waals surface area contributed by atoms with Gasteiger partial charge in [-0.25, -0.2) is 13.1 Å². The van der Waals surface area contributed by atoms with Gasteiger partial charge in [0.25, 0.3) is 0 Å². The quantitative estimate of drug-likeness (QED) is 0.807. The van der Waals surface area contributed by atoms with E-state index in [4.69, 9.17) is 5.26 Å². The number of nitriles is 1. The molecule has 0 amide bonds. The predicted octanol–water partition coefficient (Wildman–Crippen LogP) is 1.48. The number of nitrogens with one attached hydrogen (secondary N) is 1. The van der Waals surface area contributed by atoms with Crippen LogP contribution in [0.2, 0.25) is 0 Å². The zero-order valence-electron chi connectivity index (χ0n) is 9.40. The fraction of sp³-hybridized carbons (Fsp3) is 0.444. The topological polar surface area (TPSA) is 79.2 Å². The zero-order valence-corrected chi connectivity index (χ0v) is 11.0. The van der Waals surface area contributed by atoms with Crippen molar-refractivity contribution in [3.8, 4) is 6.07 Å². The number of hydrogen-bond donors (Lipinski definition) is 1. The Bertz CT molecular complexity index is 560. The first kappa shape index (κ1) is 15.9. The van der Waals surface area contributed by atoms with E-state index in [1.807, 2.05) is 0 Å². The van der Waals surface area contributed by atoms with Crippen molar-refractivity contribution in [2.75, 3.05) is 19.8 Å². The molecule has 0 aliphatic rings. The van der Waals surface area contributed by atoms with Crippen LogP contribution < -0.4 is 4.72 Å². The van der Waals surface area contributed by atoms with Gasteiger partial charge in [0.2, 0.25) is 10.0 Å². The Morgan fingerprint density at radius 2 is 2.11 bits per heavy atom. The largest absolute Gasteiger partial charge is 0.411 e. The van der Waals surface area contributed by atoms with Crippen molar-refractivity contribution in [2.24, 2.45) is 0 Å². The van der Waals surface area contributed by atoms with Gasteiger partial charge in [-0.15, -0.1) is 11.3 Å². The molecule has 1 heterocycles. The molecule has 0 atom stereocenters. The van der Waals surface area contributed by atoms with Crippen LogP contribution in [-0.2, 0) is 14.8 Å². The Kier molecular flexibility index (Phi) is 5.30. The van der Waals surface area contributed by atoms with E-state index < -0.39 is 29.4 Å². The third kappa shape index (κ3) is 5.56. The summed E-state index contributed by atoms with van der Waals surface area (Å²) >= 11 is 0.775. The van der Waals surface area contributed by atoms with Gasteiger partial charge in [0.1, 0.15) is 21.8 Å². The maximum Gasteiger partial charge on any atom is 0.411 e. The van der Waals surface area contributed by atoms with E-state index in [0.717, 1.165) is 11.3 Å². The molecule has 0 fully saturated rings. The SMILES string of the molecule is N#Cc1ccc(S(=O)(=O)NCCOCC(F)(F)F)s1. The van der Waals surface area contributed by atoms with Gasteiger partial charge in [-0.2, -0.15) is 18.4 Å². The first-order valence-corrected chi connectivity index (χ1v) is 7.19. The van der Waals surface area contributed by atoms with Gasteiger partial charge in [-0.1, -0.05) is 0 Å². The van der Waals surface area contributed by atoms with Gasteiger partial charge >= 0.3 is 6.18 Å². The summed E-state index contributed by atoms with van der Waals surface area (Å²) < 4.78 is 64.7. The highest BCUT2D eigenvalue weighted by Crippen LogP contribution is 2.20. The molecule has 1 aromatic heterocycles. The Morgan fingerprint density at radius 3 is 2.63 bits per heavy atom. The molecule has 1 aromatic rings. The minimum atomic E-state index is -4.44. The van der Waals surface area contributed by atoms with Crippen LogP contribution in [-0.4, -0.2) is 34.4 Å². The number of thiophene rings is 1. The normalized spacial score (nSPS) is 12.3. The Morgan fingerprint density at radius 1 is 1.42 bits per heavy atom. The number of hydrogen-bond acceptors (Lipinski definition) is 5. The molecule has 0 bridgehead atoms. The van der Waals surface area contributed by atoms with Crippen LogP contribution in [0, 0.1) is 11.3 Å². The molecule has 0 unspecified atom stereocenters. The molecule has 10 heteroatoms. The highest BCUT2D eigenvalue weighted by atomic mass is 32.2. The standard InChI is InChI=1S/C9H9F3N2O3S2/c10-9(11,12)6-17-4-3-14-19(15,16)8-2-1-7(5-13)18-8/h1-2,14H,3-4,6H2. The summed E-state index contributed by atoms with van der Waals surface area (Å²) in [5.74, 6) is 0. The van der Waals surface area contributed by atoms with Crippen molar-refractivity contribution in [1.29, 1.82) is 5.26 Å². The lowest BCUT2D eigenvalue weighted by molar-refractivity contribution is -0.173. The molecule has 106 valence electrons. The van der Waals surface area contributed by atoms with Crippen LogP contribution in [0.5, 0.6) is 0 Å². The van der Waals surface area contributed by atoms with Crippen LogP contribution in [0.25, 0.3) is 0 Å². The monoisotopic (exact) mass is 314 g/mol. The Balaban J connectivity index is 2.42. The third-order valence-electron chi connectivity index (χ3n) is 1.76. The maximum atomic E-state index is 11.7. The van der Waals surface area contributed by atoms with E-state index in [1.54, 1.807) is 6.07 Å². The van der Waals surface area contributed by atoms with E-state index in [-0.39, 0.29) is 15.6 Å². The second-order valence-corrected chi connectivity index (χ2v) is 6.37. The van der Waals surface area contributed by atoms with Crippen molar-refractivity contribution in [2.45, 2.75) is 10.4 Å². The smallest absolute Gasteiger partial charge is 0.371 e. The molecular weight excluding hydrogens is 305 g/mol. The molecule has 0 aromatic carbocycles. The van der Waals surface area contributed by atoms with Crippen molar-refractivity contribution in [1.82, 2.24) is 4.72 Å². The Hall–Kier alpha value is -1.15. The summed E-state index contributed by atoms with van der Waals surface area (Å²) in [5.41, 5.74) is 0. The average molecular weight is 314 g/mol. The predicted molar refractivity (Wildman–Crippen MR) is 61.1 cm³/mol. The zero-order chi connectivity index (χ0) is 14.5. The molecule has 5 nitrogen and oxygen atoms in total. The lowest BCUT2D eigenvalue weighted by atomic mass is 10.5. The van der Waals surface area contributed by atoms with Crippen LogP contribution in [0.4, 0.5) is 13.2 Å². The molecule has 0 saturated carbocycles. The van der Waals surface area contributed by atoms with E-state index in [9.17, 15) is 21.6 Å². The van der Waals surface area contributed by atoms with Crippen molar-refractivity contribution in [3.05, 3.63) is 17.0 Å². The van der Waals surface area contributed by atoms with Crippen LogP contribution >= 0.6 is 11.3 Å². The van der Waals surface area contributed by atoms with Gasteiger partial charge < -0.3 is 4.74 Å². The summed E-state index contributed by atoms with van der Waals surface area (Å²) in [5, 5.41) is 8.56. The number of halogens is 3. The molecular formula is C9H9F3N2O3S2. The molecule has 0 radical (unpaired) electrons. The summed E-state index contributed by atoms with van der Waals surface area (Å²) in [4.78, 5) is 0.230. The first-order valence-electron chi connectivity index (χ1n) is 4.89. The third-order valence-corrected chi connectivity index (χ3v) is 4.70. The summed E-state index contributed by atoms with van der Waals surface area (Å²) in [6.45, 7) is -2.10. The highest BCUT2D eigenvalue weighted by molar-refractivity contribution is 7.91. The minimum Gasteiger partial charge on any atom is -0.371 e. The van der Waals surface area contributed by atoms with Gasteiger partial charge in [0, 0.05) is 6.54 Å². The highest BCUT2D eigenvalue weighted by Gasteiger charge is 2.27. The number of alkyl halides is 3. The van der Waals surface area contributed by atoms with E-state index in [0.29, 0.717) is 0 Å². The maximum absolute atomic E-state index is 11.7. The fourth-order valence-electron chi connectivity index (χ4n) is 1.03. The number of sulfonamides is 1. The van der Waals surface area contributed by atoms with E-state index in [2.05, 4.69) is 9.46 Å². The van der Waals surface area contributed by atoms with Crippen molar-refractivity contribution in [3.63, 3.8) is 0 Å². The number of ether oxygens (including phenoxy) is 1. The molecule has 0 saturated heterocycles. The molecule has 0 aliphatic carbocycles. The fourth-order valence-corrected chi connectivity index (χ4v) is 3.19. The summed E-state index contributed by atoms with van der Waals surface area (Å²) in [7, 11) is -3.81. The van der Waals surface area contributed by atoms with E-state index >= 15 is 0 Å².